The topological polar surface area (TPSA) is 103 Å². The number of carbonyl (C=O) groups is 1. The number of hydrogen-bond donors (Lipinski definition) is 1. The first-order valence-corrected chi connectivity index (χ1v) is 9.08. The molecule has 1 amide bonds. The van der Waals surface area contributed by atoms with Gasteiger partial charge in [-0.15, -0.1) is 0 Å². The fraction of sp³-hybridized carbons (Fsp3) is 0.222. The van der Waals surface area contributed by atoms with Crippen molar-refractivity contribution in [1.82, 2.24) is 5.43 Å². The molecule has 0 aliphatic heterocycles. The Bertz CT molecular complexity index is 870. The van der Waals surface area contributed by atoms with Crippen molar-refractivity contribution in [2.45, 2.75) is 13.3 Å². The first-order valence-electron chi connectivity index (χ1n) is 8.00. The van der Waals surface area contributed by atoms with Crippen LogP contribution in [-0.2, 0) is 11.2 Å². The second-order valence-electron chi connectivity index (χ2n) is 5.32. The van der Waals surface area contributed by atoms with Gasteiger partial charge in [0.05, 0.1) is 34.8 Å². The third-order valence-electron chi connectivity index (χ3n) is 3.48. The van der Waals surface area contributed by atoms with Gasteiger partial charge < -0.3 is 9.47 Å². The molecule has 0 aliphatic rings. The molecular formula is C18H18IN3O5. The molecule has 0 fully saturated rings. The van der Waals surface area contributed by atoms with E-state index >= 15 is 0 Å². The Labute approximate surface area is 169 Å². The highest BCUT2D eigenvalue weighted by Gasteiger charge is 2.15. The zero-order valence-electron chi connectivity index (χ0n) is 14.8. The van der Waals surface area contributed by atoms with Crippen LogP contribution in [0.1, 0.15) is 18.1 Å². The summed E-state index contributed by atoms with van der Waals surface area (Å²) in [5.41, 5.74) is 3.32. The van der Waals surface area contributed by atoms with Gasteiger partial charge in [-0.05, 0) is 47.2 Å². The Morgan fingerprint density at radius 1 is 1.37 bits per heavy atom. The third-order valence-corrected chi connectivity index (χ3v) is 4.28. The van der Waals surface area contributed by atoms with Crippen LogP contribution in [0.25, 0.3) is 0 Å². The van der Waals surface area contributed by atoms with Crippen LogP contribution in [0.4, 0.5) is 5.69 Å². The predicted octanol–water partition coefficient (Wildman–Crippen LogP) is 3.30. The number of rotatable bonds is 8. The quantitative estimate of drug-likeness (QED) is 0.269. The van der Waals surface area contributed by atoms with Crippen molar-refractivity contribution in [2.75, 3.05) is 13.7 Å². The summed E-state index contributed by atoms with van der Waals surface area (Å²) in [5, 5.41) is 14.9. The number of nitrogens with one attached hydrogen (secondary N) is 1. The minimum atomic E-state index is -0.514. The van der Waals surface area contributed by atoms with Crippen molar-refractivity contribution < 1.29 is 19.2 Å². The molecule has 8 nitrogen and oxygen atoms in total. The van der Waals surface area contributed by atoms with E-state index in [2.05, 4.69) is 33.1 Å². The fourth-order valence-electron chi connectivity index (χ4n) is 2.33. The molecule has 0 heterocycles. The number of nitro benzene ring substituents is 1. The van der Waals surface area contributed by atoms with Gasteiger partial charge >= 0.3 is 0 Å². The number of methoxy groups -OCH3 is 1. The minimum Gasteiger partial charge on any atom is -0.493 e. The molecule has 2 rings (SSSR count). The Hall–Kier alpha value is -2.69. The summed E-state index contributed by atoms with van der Waals surface area (Å²) < 4.78 is 11.7. The number of hydrogen-bond acceptors (Lipinski definition) is 6. The maximum atomic E-state index is 12.0. The smallest absolute Gasteiger partial charge is 0.273 e. The van der Waals surface area contributed by atoms with E-state index in [1.807, 2.05) is 13.0 Å². The van der Waals surface area contributed by atoms with E-state index in [4.69, 9.17) is 9.47 Å². The largest absolute Gasteiger partial charge is 0.493 e. The highest BCUT2D eigenvalue weighted by Crippen LogP contribution is 2.33. The highest BCUT2D eigenvalue weighted by atomic mass is 127. The second kappa shape index (κ2) is 9.86. The first kappa shape index (κ1) is 20.6. The lowest BCUT2D eigenvalue weighted by Crippen LogP contribution is -2.20. The molecule has 0 saturated heterocycles. The van der Waals surface area contributed by atoms with Gasteiger partial charge in [-0.2, -0.15) is 5.10 Å². The average Bonchev–Trinajstić information content (AvgIpc) is 2.64. The maximum absolute atomic E-state index is 12.0. The van der Waals surface area contributed by atoms with E-state index < -0.39 is 10.8 Å². The molecule has 0 aromatic heterocycles. The van der Waals surface area contributed by atoms with Gasteiger partial charge in [-0.3, -0.25) is 14.9 Å². The number of halogens is 1. The van der Waals surface area contributed by atoms with Crippen molar-refractivity contribution in [3.05, 3.63) is 61.2 Å². The molecular weight excluding hydrogens is 465 g/mol. The zero-order chi connectivity index (χ0) is 19.8. The van der Waals surface area contributed by atoms with Crippen LogP contribution in [0.5, 0.6) is 11.5 Å². The third kappa shape index (κ3) is 5.64. The number of para-hydroxylation sites is 1. The van der Waals surface area contributed by atoms with Crippen LogP contribution >= 0.6 is 22.6 Å². The molecule has 9 heteroatoms. The zero-order valence-corrected chi connectivity index (χ0v) is 16.9. The molecule has 0 bridgehead atoms. The SMILES string of the molecule is CCOc1c(I)cc(/C=N\NC(=O)Cc2ccccc2[N+](=O)[O-])cc1OC. The van der Waals surface area contributed by atoms with Crippen molar-refractivity contribution in [3.8, 4) is 11.5 Å². The van der Waals surface area contributed by atoms with Crippen molar-refractivity contribution >= 4 is 40.4 Å². The van der Waals surface area contributed by atoms with E-state index in [9.17, 15) is 14.9 Å². The van der Waals surface area contributed by atoms with Crippen LogP contribution in [0.2, 0.25) is 0 Å². The number of carbonyl (C=O) groups excluding carboxylic acids is 1. The molecule has 2 aromatic carbocycles. The summed E-state index contributed by atoms with van der Waals surface area (Å²) in [7, 11) is 1.55. The summed E-state index contributed by atoms with van der Waals surface area (Å²) in [5.74, 6) is 0.766. The summed E-state index contributed by atoms with van der Waals surface area (Å²) in [6.07, 6.45) is 1.33. The van der Waals surface area contributed by atoms with E-state index in [1.54, 1.807) is 31.4 Å². The van der Waals surface area contributed by atoms with Crippen LogP contribution in [-0.4, -0.2) is 30.8 Å². The van der Waals surface area contributed by atoms with Crippen LogP contribution in [0.3, 0.4) is 0 Å². The number of nitro groups is 1. The van der Waals surface area contributed by atoms with Crippen molar-refractivity contribution in [3.63, 3.8) is 0 Å². The number of nitrogens with zero attached hydrogens (tertiary/aromatic N) is 2. The van der Waals surface area contributed by atoms with Crippen molar-refractivity contribution in [2.24, 2.45) is 5.10 Å². The van der Waals surface area contributed by atoms with Gasteiger partial charge in [-0.25, -0.2) is 5.43 Å². The molecule has 142 valence electrons. The lowest BCUT2D eigenvalue weighted by molar-refractivity contribution is -0.385. The van der Waals surface area contributed by atoms with Gasteiger partial charge in [0.15, 0.2) is 11.5 Å². The molecule has 27 heavy (non-hydrogen) atoms. The van der Waals surface area contributed by atoms with Gasteiger partial charge in [-0.1, -0.05) is 18.2 Å². The summed E-state index contributed by atoms with van der Waals surface area (Å²) >= 11 is 2.13. The monoisotopic (exact) mass is 483 g/mol. The molecule has 0 unspecified atom stereocenters. The molecule has 0 spiro atoms. The Morgan fingerprint density at radius 2 is 2.11 bits per heavy atom. The maximum Gasteiger partial charge on any atom is 0.273 e. The van der Waals surface area contributed by atoms with Crippen molar-refractivity contribution in [1.29, 1.82) is 0 Å². The second-order valence-corrected chi connectivity index (χ2v) is 6.49. The van der Waals surface area contributed by atoms with Gasteiger partial charge in [0.25, 0.3) is 5.69 Å². The van der Waals surface area contributed by atoms with Crippen LogP contribution in [0, 0.1) is 13.7 Å². The molecule has 2 aromatic rings. The van der Waals surface area contributed by atoms with Crippen LogP contribution in [0.15, 0.2) is 41.5 Å². The molecule has 0 atom stereocenters. The predicted molar refractivity (Wildman–Crippen MR) is 109 cm³/mol. The molecule has 1 N–H and O–H groups in total. The van der Waals surface area contributed by atoms with E-state index in [0.29, 0.717) is 29.2 Å². The van der Waals surface area contributed by atoms with Gasteiger partial charge in [0.1, 0.15) is 0 Å². The number of benzene rings is 2. The standard InChI is InChI=1S/C18H18IN3O5/c1-3-27-18-14(19)8-12(9-16(18)26-2)11-20-21-17(23)10-13-6-4-5-7-15(13)22(24)25/h4-9,11H,3,10H2,1-2H3,(H,21,23)/b20-11-. The van der Waals surface area contributed by atoms with E-state index in [1.165, 1.54) is 12.3 Å². The number of ether oxygens (including phenoxy) is 2. The van der Waals surface area contributed by atoms with Gasteiger partial charge in [0.2, 0.25) is 5.91 Å². The lowest BCUT2D eigenvalue weighted by atomic mass is 10.1. The lowest BCUT2D eigenvalue weighted by Gasteiger charge is -2.12. The number of amides is 1. The summed E-state index contributed by atoms with van der Waals surface area (Å²) in [6, 6.07) is 9.68. The Kier molecular flexibility index (Phi) is 7.53. The normalized spacial score (nSPS) is 10.6. The minimum absolute atomic E-state index is 0.0950. The van der Waals surface area contributed by atoms with E-state index in [-0.39, 0.29) is 12.1 Å². The molecule has 0 radical (unpaired) electrons. The van der Waals surface area contributed by atoms with E-state index in [0.717, 1.165) is 3.57 Å². The average molecular weight is 483 g/mol. The Balaban J connectivity index is 2.06. The highest BCUT2D eigenvalue weighted by molar-refractivity contribution is 14.1. The van der Waals surface area contributed by atoms with Crippen LogP contribution < -0.4 is 14.9 Å². The molecule has 0 saturated carbocycles. The Morgan fingerprint density at radius 3 is 2.78 bits per heavy atom. The first-order chi connectivity index (χ1) is 13.0. The summed E-state index contributed by atoms with van der Waals surface area (Å²) in [6.45, 7) is 2.40. The molecule has 0 aliphatic carbocycles. The van der Waals surface area contributed by atoms with Gasteiger partial charge in [0, 0.05) is 11.6 Å². The summed E-state index contributed by atoms with van der Waals surface area (Å²) in [4.78, 5) is 22.5. The number of hydrazone groups is 1. The fourth-order valence-corrected chi connectivity index (χ4v) is 3.11.